The second kappa shape index (κ2) is 9.70. The van der Waals surface area contributed by atoms with E-state index in [1.807, 2.05) is 12.1 Å². The molecule has 32 heavy (non-hydrogen) atoms. The Morgan fingerprint density at radius 3 is 2.78 bits per heavy atom. The Morgan fingerprint density at radius 1 is 1.00 bits per heavy atom. The van der Waals surface area contributed by atoms with Gasteiger partial charge < -0.3 is 15.0 Å². The molecule has 3 heterocycles. The van der Waals surface area contributed by atoms with Gasteiger partial charge in [0, 0.05) is 24.0 Å². The Morgan fingerprint density at radius 2 is 1.88 bits per heavy atom. The molecule has 0 radical (unpaired) electrons. The number of carbonyl (C=O) groups is 1. The van der Waals surface area contributed by atoms with Crippen molar-refractivity contribution < 1.29 is 9.53 Å². The SMILES string of the molecule is O=C1CCc2cccc(OCCCN3CCC(Cc4ccc5ccccc5n4)CC3)c2N1. The first-order valence-electron chi connectivity index (χ1n) is 11.9. The van der Waals surface area contributed by atoms with E-state index in [0.717, 1.165) is 61.8 Å². The van der Waals surface area contributed by atoms with Gasteiger partial charge >= 0.3 is 0 Å². The third-order valence-electron chi connectivity index (χ3n) is 6.74. The quantitative estimate of drug-likeness (QED) is 0.546. The van der Waals surface area contributed by atoms with Crippen LogP contribution in [0.1, 0.15) is 36.9 Å². The number of nitrogens with zero attached hydrogens (tertiary/aromatic N) is 2. The highest BCUT2D eigenvalue weighted by molar-refractivity contribution is 5.95. The number of nitrogens with one attached hydrogen (secondary N) is 1. The monoisotopic (exact) mass is 429 g/mol. The number of carbonyl (C=O) groups excluding carboxylic acids is 1. The summed E-state index contributed by atoms with van der Waals surface area (Å²) in [6, 6.07) is 18.8. The molecule has 1 amide bonds. The van der Waals surface area contributed by atoms with E-state index in [0.29, 0.717) is 13.0 Å². The Kier molecular flexibility index (Phi) is 6.35. The van der Waals surface area contributed by atoms with Crippen LogP contribution in [-0.4, -0.2) is 42.0 Å². The maximum absolute atomic E-state index is 11.7. The molecule has 0 unspecified atom stereocenters. The van der Waals surface area contributed by atoms with E-state index < -0.39 is 0 Å². The normalized spacial score (nSPS) is 17.2. The highest BCUT2D eigenvalue weighted by Gasteiger charge is 2.21. The van der Waals surface area contributed by atoms with Gasteiger partial charge in [-0.15, -0.1) is 0 Å². The highest BCUT2D eigenvalue weighted by atomic mass is 16.5. The number of pyridine rings is 1. The molecule has 1 fully saturated rings. The maximum Gasteiger partial charge on any atom is 0.224 e. The second-order valence-corrected chi connectivity index (χ2v) is 9.02. The summed E-state index contributed by atoms with van der Waals surface area (Å²) in [7, 11) is 0. The molecule has 0 atom stereocenters. The molecular formula is C27H31N3O2. The summed E-state index contributed by atoms with van der Waals surface area (Å²) in [5.41, 5.74) is 4.35. The predicted octanol–water partition coefficient (Wildman–Crippen LogP) is 4.84. The number of hydrogen-bond acceptors (Lipinski definition) is 4. The van der Waals surface area contributed by atoms with Crippen molar-refractivity contribution in [1.82, 2.24) is 9.88 Å². The predicted molar refractivity (Wildman–Crippen MR) is 128 cm³/mol. The molecule has 2 aliphatic rings. The summed E-state index contributed by atoms with van der Waals surface area (Å²) in [5, 5.41) is 4.19. The first kappa shape index (κ1) is 21.0. The van der Waals surface area contributed by atoms with E-state index in [-0.39, 0.29) is 5.91 Å². The summed E-state index contributed by atoms with van der Waals surface area (Å²) in [4.78, 5) is 19.1. The highest BCUT2D eigenvalue weighted by Crippen LogP contribution is 2.32. The lowest BCUT2D eigenvalue weighted by molar-refractivity contribution is -0.116. The van der Waals surface area contributed by atoms with Gasteiger partial charge in [-0.1, -0.05) is 36.4 Å². The Hall–Kier alpha value is -2.92. The molecule has 2 aliphatic heterocycles. The standard InChI is InChI=1S/C27H31N3O2/c31-26-12-10-22-6-3-8-25(27(22)29-26)32-18-4-15-30-16-13-20(14-17-30)19-23-11-9-21-5-1-2-7-24(21)28-23/h1-3,5-9,11,20H,4,10,12-19H2,(H,29,31). The third-order valence-corrected chi connectivity index (χ3v) is 6.74. The van der Waals surface area contributed by atoms with Crippen LogP contribution < -0.4 is 10.1 Å². The molecule has 0 aliphatic carbocycles. The van der Waals surface area contributed by atoms with Crippen molar-refractivity contribution in [3.63, 3.8) is 0 Å². The van der Waals surface area contributed by atoms with Crippen LogP contribution in [0.2, 0.25) is 0 Å². The summed E-state index contributed by atoms with van der Waals surface area (Å²) in [6.45, 7) is 4.03. The van der Waals surface area contributed by atoms with Gasteiger partial charge in [-0.2, -0.15) is 0 Å². The lowest BCUT2D eigenvalue weighted by Gasteiger charge is -2.31. The molecule has 5 heteroatoms. The largest absolute Gasteiger partial charge is 0.491 e. The number of para-hydroxylation sites is 2. The first-order valence-corrected chi connectivity index (χ1v) is 11.9. The van der Waals surface area contributed by atoms with Crippen molar-refractivity contribution in [1.29, 1.82) is 0 Å². The van der Waals surface area contributed by atoms with E-state index >= 15 is 0 Å². The maximum atomic E-state index is 11.7. The van der Waals surface area contributed by atoms with Crippen LogP contribution >= 0.6 is 0 Å². The number of amides is 1. The van der Waals surface area contributed by atoms with E-state index in [9.17, 15) is 4.79 Å². The summed E-state index contributed by atoms with van der Waals surface area (Å²) >= 11 is 0. The molecule has 0 saturated carbocycles. The van der Waals surface area contributed by atoms with Crippen LogP contribution in [0.5, 0.6) is 5.75 Å². The van der Waals surface area contributed by atoms with Gasteiger partial charge in [0.05, 0.1) is 17.8 Å². The van der Waals surface area contributed by atoms with Crippen molar-refractivity contribution in [2.75, 3.05) is 31.6 Å². The minimum atomic E-state index is 0.0790. The molecule has 1 N–H and O–H groups in total. The van der Waals surface area contributed by atoms with Gasteiger partial charge in [0.1, 0.15) is 5.75 Å². The summed E-state index contributed by atoms with van der Waals surface area (Å²) in [5.74, 6) is 1.60. The Bertz CT molecular complexity index is 1090. The fourth-order valence-electron chi connectivity index (χ4n) is 4.90. The molecule has 1 saturated heterocycles. The number of fused-ring (bicyclic) bond motifs is 2. The third kappa shape index (κ3) is 4.94. The van der Waals surface area contributed by atoms with Crippen molar-refractivity contribution >= 4 is 22.5 Å². The molecule has 2 aromatic carbocycles. The zero-order valence-electron chi connectivity index (χ0n) is 18.6. The number of likely N-dealkylation sites (tertiary alicyclic amines) is 1. The van der Waals surface area contributed by atoms with Gasteiger partial charge in [-0.3, -0.25) is 9.78 Å². The lowest BCUT2D eigenvalue weighted by Crippen LogP contribution is -2.35. The van der Waals surface area contributed by atoms with Gasteiger partial charge in [-0.25, -0.2) is 0 Å². The average Bonchev–Trinajstić information content (AvgIpc) is 2.83. The number of aryl methyl sites for hydroxylation is 1. The number of hydrogen-bond donors (Lipinski definition) is 1. The lowest BCUT2D eigenvalue weighted by atomic mass is 9.91. The fourth-order valence-corrected chi connectivity index (χ4v) is 4.90. The summed E-state index contributed by atoms with van der Waals surface area (Å²) in [6.07, 6.45) is 5.88. The molecule has 166 valence electrons. The minimum Gasteiger partial charge on any atom is -0.491 e. The number of anilines is 1. The topological polar surface area (TPSA) is 54.5 Å². The van der Waals surface area contributed by atoms with Crippen molar-refractivity contribution in [3.8, 4) is 5.75 Å². The van der Waals surface area contributed by atoms with Crippen LogP contribution in [0.15, 0.2) is 54.6 Å². The number of ether oxygens (including phenoxy) is 1. The molecule has 5 nitrogen and oxygen atoms in total. The van der Waals surface area contributed by atoms with Crippen molar-refractivity contribution in [3.05, 3.63) is 65.9 Å². The van der Waals surface area contributed by atoms with Gasteiger partial charge in [-0.05, 0) is 74.9 Å². The van der Waals surface area contributed by atoms with Gasteiger partial charge in [0.15, 0.2) is 0 Å². The number of piperidine rings is 1. The van der Waals surface area contributed by atoms with Crippen LogP contribution in [0, 0.1) is 5.92 Å². The van der Waals surface area contributed by atoms with Crippen LogP contribution in [0.25, 0.3) is 10.9 Å². The van der Waals surface area contributed by atoms with E-state index in [1.165, 1.54) is 29.5 Å². The van der Waals surface area contributed by atoms with Crippen LogP contribution in [0.4, 0.5) is 5.69 Å². The van der Waals surface area contributed by atoms with Gasteiger partial charge in [0.25, 0.3) is 0 Å². The molecule has 0 bridgehead atoms. The number of rotatable bonds is 7. The van der Waals surface area contributed by atoms with Crippen molar-refractivity contribution in [2.45, 2.75) is 38.5 Å². The zero-order valence-corrected chi connectivity index (χ0v) is 18.6. The molecule has 0 spiro atoms. The zero-order chi connectivity index (χ0) is 21.8. The average molecular weight is 430 g/mol. The van der Waals surface area contributed by atoms with Gasteiger partial charge in [0.2, 0.25) is 5.91 Å². The number of aromatic nitrogens is 1. The van der Waals surface area contributed by atoms with E-state index in [2.05, 4.69) is 52.7 Å². The minimum absolute atomic E-state index is 0.0790. The van der Waals surface area contributed by atoms with Crippen molar-refractivity contribution in [2.24, 2.45) is 5.92 Å². The second-order valence-electron chi connectivity index (χ2n) is 9.02. The smallest absolute Gasteiger partial charge is 0.224 e. The molecule has 3 aromatic rings. The fraction of sp³-hybridized carbons (Fsp3) is 0.407. The van der Waals surface area contributed by atoms with Crippen LogP contribution in [-0.2, 0) is 17.6 Å². The first-order chi connectivity index (χ1) is 15.7. The Balaban J connectivity index is 1.05. The Labute approximate surface area is 189 Å². The molecular weight excluding hydrogens is 398 g/mol. The van der Waals surface area contributed by atoms with Crippen LogP contribution in [0.3, 0.4) is 0 Å². The van der Waals surface area contributed by atoms with E-state index in [4.69, 9.17) is 9.72 Å². The molecule has 5 rings (SSSR count). The molecule has 1 aromatic heterocycles. The summed E-state index contributed by atoms with van der Waals surface area (Å²) < 4.78 is 6.03. The number of benzene rings is 2. The van der Waals surface area contributed by atoms with E-state index in [1.54, 1.807) is 0 Å².